The molecule has 0 radical (unpaired) electrons. The van der Waals surface area contributed by atoms with E-state index in [2.05, 4.69) is 10.3 Å². The average molecular weight is 485 g/mol. The molecule has 1 N–H and O–H groups in total. The van der Waals surface area contributed by atoms with Crippen LogP contribution in [0.5, 0.6) is 0 Å². The Balaban J connectivity index is 2.06. The van der Waals surface area contributed by atoms with Crippen molar-refractivity contribution in [3.63, 3.8) is 0 Å². The summed E-state index contributed by atoms with van der Waals surface area (Å²) >= 11 is 0. The van der Waals surface area contributed by atoms with Crippen molar-refractivity contribution in [2.75, 3.05) is 9.62 Å². The van der Waals surface area contributed by atoms with E-state index in [9.17, 15) is 31.2 Å². The second-order valence-corrected chi connectivity index (χ2v) is 10.3. The number of Topliss-reactive ketones (excluding diaryl/α,β-unsaturated/α-hetero) is 1. The largest absolute Gasteiger partial charge is 0.444 e. The predicted molar refractivity (Wildman–Crippen MR) is 114 cm³/mol. The Bertz CT molecular complexity index is 1210. The fourth-order valence-corrected chi connectivity index (χ4v) is 5.02. The Kier molecular flexibility index (Phi) is 6.18. The Morgan fingerprint density at radius 1 is 1.21 bits per heavy atom. The lowest BCUT2D eigenvalue weighted by atomic mass is 10.0. The van der Waals surface area contributed by atoms with Crippen molar-refractivity contribution in [1.29, 1.82) is 0 Å². The van der Waals surface area contributed by atoms with Crippen LogP contribution in [0.1, 0.15) is 50.2 Å². The number of carbonyl (C=O) groups is 2. The maximum Gasteiger partial charge on any atom is 0.416 e. The lowest BCUT2D eigenvalue weighted by Crippen LogP contribution is -2.44. The molecule has 0 bridgehead atoms. The van der Waals surface area contributed by atoms with E-state index in [1.807, 2.05) is 0 Å². The van der Waals surface area contributed by atoms with E-state index in [1.54, 1.807) is 20.8 Å². The van der Waals surface area contributed by atoms with Gasteiger partial charge in [-0.25, -0.2) is 18.2 Å². The first-order chi connectivity index (χ1) is 15.1. The number of alkyl halides is 3. The van der Waals surface area contributed by atoms with E-state index in [1.165, 1.54) is 19.2 Å². The number of aromatic nitrogens is 1. The molecule has 1 aliphatic heterocycles. The van der Waals surface area contributed by atoms with Gasteiger partial charge in [0.25, 0.3) is 10.0 Å². The number of sulfonamides is 1. The number of nitrogens with one attached hydrogen (secondary N) is 1. The number of anilines is 2. The summed E-state index contributed by atoms with van der Waals surface area (Å²) in [6.45, 7) is 6.42. The molecule has 178 valence electrons. The van der Waals surface area contributed by atoms with Crippen LogP contribution in [0.25, 0.3) is 0 Å². The van der Waals surface area contributed by atoms with Crippen molar-refractivity contribution in [3.05, 3.63) is 47.8 Å². The Labute approximate surface area is 188 Å². The predicted octanol–water partition coefficient (Wildman–Crippen LogP) is 4.62. The zero-order valence-corrected chi connectivity index (χ0v) is 19.0. The van der Waals surface area contributed by atoms with Gasteiger partial charge in [0, 0.05) is 6.42 Å². The number of nitrogens with zero attached hydrogens (tertiary/aromatic N) is 2. The molecule has 2 heterocycles. The van der Waals surface area contributed by atoms with Gasteiger partial charge in [-0.05, 0) is 52.0 Å². The van der Waals surface area contributed by atoms with Crippen LogP contribution < -0.4 is 9.62 Å². The number of hydrogen-bond donors (Lipinski definition) is 1. The Hall–Kier alpha value is -3.15. The summed E-state index contributed by atoms with van der Waals surface area (Å²) in [4.78, 5) is 28.0. The quantitative estimate of drug-likeness (QED) is 0.680. The third-order valence-electron chi connectivity index (χ3n) is 4.61. The number of benzene rings is 1. The normalized spacial score (nSPS) is 16.9. The molecule has 1 atom stereocenters. The topological polar surface area (TPSA) is 106 Å². The summed E-state index contributed by atoms with van der Waals surface area (Å²) in [6, 6.07) is 3.67. The molecule has 12 heteroatoms. The first kappa shape index (κ1) is 24.5. The molecule has 1 aromatic heterocycles. The van der Waals surface area contributed by atoms with Gasteiger partial charge in [0.1, 0.15) is 11.3 Å². The van der Waals surface area contributed by atoms with Gasteiger partial charge in [0.05, 0.1) is 34.1 Å². The Morgan fingerprint density at radius 2 is 1.88 bits per heavy atom. The molecule has 33 heavy (non-hydrogen) atoms. The maximum absolute atomic E-state index is 13.4. The number of rotatable bonds is 3. The third-order valence-corrected chi connectivity index (χ3v) is 6.54. The van der Waals surface area contributed by atoms with Crippen LogP contribution in [0.2, 0.25) is 0 Å². The average Bonchev–Trinajstić information content (AvgIpc) is 2.65. The molecule has 2 aromatic rings. The van der Waals surface area contributed by atoms with Crippen LogP contribution in [0.3, 0.4) is 0 Å². The highest BCUT2D eigenvalue weighted by Crippen LogP contribution is 2.37. The van der Waals surface area contributed by atoms with Crippen molar-refractivity contribution in [3.8, 4) is 0 Å². The molecular weight excluding hydrogens is 463 g/mol. The molecule has 1 amide bonds. The molecule has 8 nitrogen and oxygen atoms in total. The highest BCUT2D eigenvalue weighted by atomic mass is 32.2. The fraction of sp³-hybridized carbons (Fsp3) is 0.381. The lowest BCUT2D eigenvalue weighted by molar-refractivity contribution is -0.137. The number of ether oxygens (including phenoxy) is 1. The van der Waals surface area contributed by atoms with Crippen molar-refractivity contribution in [2.45, 2.75) is 56.8 Å². The molecular formula is C21H22F3N3O5S. The highest BCUT2D eigenvalue weighted by Gasteiger charge is 2.39. The SMILES string of the molecule is CC1CC(=O)c2ncc(NC(=O)OC(C)(C)C)cc2N1S(=O)(=O)c1cccc(C(F)(F)F)c1. The van der Waals surface area contributed by atoms with Gasteiger partial charge in [0.2, 0.25) is 0 Å². The van der Waals surface area contributed by atoms with Gasteiger partial charge in [-0.15, -0.1) is 0 Å². The van der Waals surface area contributed by atoms with E-state index in [4.69, 9.17) is 4.74 Å². The standard InChI is InChI=1S/C21H22F3N3O5S/c1-12-8-17(28)18-16(10-14(11-25-18)26-19(29)32-20(2,3)4)27(12)33(30,31)15-7-5-6-13(9-15)21(22,23)24/h5-7,9-12H,8H2,1-4H3,(H,26,29). The number of halogens is 3. The Morgan fingerprint density at radius 3 is 2.48 bits per heavy atom. The molecule has 0 spiro atoms. The molecule has 1 aromatic carbocycles. The van der Waals surface area contributed by atoms with Crippen LogP contribution in [0.4, 0.5) is 29.3 Å². The second kappa shape index (κ2) is 8.32. The summed E-state index contributed by atoms with van der Waals surface area (Å²) in [5.41, 5.74) is -2.19. The van der Waals surface area contributed by atoms with E-state index >= 15 is 0 Å². The summed E-state index contributed by atoms with van der Waals surface area (Å²) in [5.74, 6) is -0.434. The van der Waals surface area contributed by atoms with Gasteiger partial charge in [-0.2, -0.15) is 13.2 Å². The monoisotopic (exact) mass is 485 g/mol. The van der Waals surface area contributed by atoms with Gasteiger partial charge in [0.15, 0.2) is 5.78 Å². The van der Waals surface area contributed by atoms with Crippen LogP contribution in [0.15, 0.2) is 41.4 Å². The number of pyridine rings is 1. The number of ketones is 1. The number of amides is 1. The molecule has 3 rings (SSSR count). The van der Waals surface area contributed by atoms with Crippen molar-refractivity contribution < 1.29 is 35.9 Å². The minimum atomic E-state index is -4.74. The van der Waals surface area contributed by atoms with E-state index in [0.717, 1.165) is 22.5 Å². The molecule has 1 aliphatic rings. The highest BCUT2D eigenvalue weighted by molar-refractivity contribution is 7.92. The van der Waals surface area contributed by atoms with E-state index in [0.29, 0.717) is 6.07 Å². The number of fused-ring (bicyclic) bond motifs is 1. The summed E-state index contributed by atoms with van der Waals surface area (Å²) in [6.07, 6.45) is -4.60. The lowest BCUT2D eigenvalue weighted by Gasteiger charge is -2.35. The van der Waals surface area contributed by atoms with Crippen molar-refractivity contribution >= 4 is 33.3 Å². The van der Waals surface area contributed by atoms with Crippen molar-refractivity contribution in [2.24, 2.45) is 0 Å². The zero-order valence-electron chi connectivity index (χ0n) is 18.2. The smallest absolute Gasteiger partial charge is 0.416 e. The van der Waals surface area contributed by atoms with Gasteiger partial charge in [-0.1, -0.05) is 6.07 Å². The summed E-state index contributed by atoms with van der Waals surface area (Å²) in [5, 5.41) is 2.41. The second-order valence-electron chi connectivity index (χ2n) is 8.52. The van der Waals surface area contributed by atoms with Crippen LogP contribution in [-0.4, -0.2) is 36.9 Å². The molecule has 1 unspecified atom stereocenters. The number of hydrogen-bond acceptors (Lipinski definition) is 6. The maximum atomic E-state index is 13.4. The minimum absolute atomic E-state index is 0.0501. The fourth-order valence-electron chi connectivity index (χ4n) is 3.32. The first-order valence-electron chi connectivity index (χ1n) is 9.84. The minimum Gasteiger partial charge on any atom is -0.444 e. The first-order valence-corrected chi connectivity index (χ1v) is 11.3. The van der Waals surface area contributed by atoms with Crippen LogP contribution in [-0.2, 0) is 20.9 Å². The molecule has 0 saturated carbocycles. The third kappa shape index (κ3) is 5.27. The van der Waals surface area contributed by atoms with E-state index < -0.39 is 50.2 Å². The van der Waals surface area contributed by atoms with Crippen LogP contribution in [0, 0.1) is 0 Å². The zero-order chi connectivity index (χ0) is 24.8. The molecule has 0 saturated heterocycles. The summed E-state index contributed by atoms with van der Waals surface area (Å²) in [7, 11) is -4.51. The molecule has 0 aliphatic carbocycles. The van der Waals surface area contributed by atoms with Gasteiger partial charge < -0.3 is 4.74 Å². The van der Waals surface area contributed by atoms with Gasteiger partial charge >= 0.3 is 12.3 Å². The van der Waals surface area contributed by atoms with Gasteiger partial charge in [-0.3, -0.25) is 14.4 Å². The number of carbonyl (C=O) groups excluding carboxylic acids is 2. The van der Waals surface area contributed by atoms with Crippen LogP contribution >= 0.6 is 0 Å². The van der Waals surface area contributed by atoms with Crippen molar-refractivity contribution in [1.82, 2.24) is 4.98 Å². The summed E-state index contributed by atoms with van der Waals surface area (Å²) < 4.78 is 72.2. The molecule has 0 fully saturated rings. The van der Waals surface area contributed by atoms with E-state index in [-0.39, 0.29) is 23.5 Å².